The van der Waals surface area contributed by atoms with Crippen molar-refractivity contribution in [2.24, 2.45) is 0 Å². The molecule has 1 N–H and O–H groups in total. The molecule has 23 heavy (non-hydrogen) atoms. The minimum Gasteiger partial charge on any atom is -0.353 e. The molecule has 0 radical (unpaired) electrons. The monoisotopic (exact) mass is 310 g/mol. The standard InChI is InChI=1S/C18H19FN4/c1-12-10-23(7-6-20-12)18-16-8-14(9-17(16)21-11-22-18)13-2-4-15(19)5-3-13/h2-5,8,11-12,20H,6-7,9-10H2,1H3/t12-/m1/s1. The van der Waals surface area contributed by atoms with Crippen LogP contribution in [-0.2, 0) is 6.42 Å². The number of fused-ring (bicyclic) bond motifs is 1. The van der Waals surface area contributed by atoms with Crippen LogP contribution >= 0.6 is 0 Å². The molecule has 1 fully saturated rings. The second kappa shape index (κ2) is 5.74. The molecule has 0 bridgehead atoms. The van der Waals surface area contributed by atoms with Gasteiger partial charge in [0.15, 0.2) is 0 Å². The third-order valence-corrected chi connectivity index (χ3v) is 4.51. The molecule has 1 aliphatic heterocycles. The highest BCUT2D eigenvalue weighted by molar-refractivity contribution is 5.91. The lowest BCUT2D eigenvalue weighted by molar-refractivity contribution is 0.482. The molecule has 2 aromatic rings. The quantitative estimate of drug-likeness (QED) is 0.925. The van der Waals surface area contributed by atoms with E-state index in [1.165, 1.54) is 17.7 Å². The van der Waals surface area contributed by atoms with E-state index in [9.17, 15) is 4.39 Å². The maximum atomic E-state index is 13.1. The van der Waals surface area contributed by atoms with Crippen molar-refractivity contribution in [2.45, 2.75) is 19.4 Å². The normalized spacial score (nSPS) is 20.3. The second-order valence-corrected chi connectivity index (χ2v) is 6.21. The van der Waals surface area contributed by atoms with E-state index >= 15 is 0 Å². The molecule has 0 unspecified atom stereocenters. The number of halogens is 1. The van der Waals surface area contributed by atoms with Gasteiger partial charge in [0.1, 0.15) is 18.0 Å². The van der Waals surface area contributed by atoms with E-state index < -0.39 is 0 Å². The van der Waals surface area contributed by atoms with E-state index in [2.05, 4.69) is 33.2 Å². The van der Waals surface area contributed by atoms with Crippen LogP contribution < -0.4 is 10.2 Å². The van der Waals surface area contributed by atoms with Gasteiger partial charge in [0.05, 0.1) is 5.69 Å². The van der Waals surface area contributed by atoms with E-state index in [1.807, 2.05) is 12.1 Å². The highest BCUT2D eigenvalue weighted by atomic mass is 19.1. The molecule has 1 aromatic heterocycles. The zero-order chi connectivity index (χ0) is 15.8. The molecule has 0 amide bonds. The molecule has 2 aliphatic rings. The molecule has 1 aliphatic carbocycles. The van der Waals surface area contributed by atoms with Gasteiger partial charge in [-0.3, -0.25) is 0 Å². The molecule has 0 saturated carbocycles. The summed E-state index contributed by atoms with van der Waals surface area (Å²) in [6, 6.07) is 7.12. The average Bonchev–Trinajstić information content (AvgIpc) is 2.99. The van der Waals surface area contributed by atoms with Gasteiger partial charge < -0.3 is 10.2 Å². The Morgan fingerprint density at radius 1 is 1.22 bits per heavy atom. The van der Waals surface area contributed by atoms with Crippen molar-refractivity contribution in [3.63, 3.8) is 0 Å². The number of benzene rings is 1. The number of hydrogen-bond acceptors (Lipinski definition) is 4. The largest absolute Gasteiger partial charge is 0.353 e. The SMILES string of the molecule is C[C@@H]1CN(c2ncnc3c2C=C(c2ccc(F)cc2)C3)CCN1. The number of aromatic nitrogens is 2. The minimum absolute atomic E-state index is 0.208. The summed E-state index contributed by atoms with van der Waals surface area (Å²) in [5, 5.41) is 3.45. The van der Waals surface area contributed by atoms with Crippen molar-refractivity contribution in [1.82, 2.24) is 15.3 Å². The predicted octanol–water partition coefficient (Wildman–Crippen LogP) is 2.51. The fourth-order valence-electron chi connectivity index (χ4n) is 3.34. The summed E-state index contributed by atoms with van der Waals surface area (Å²) in [5.41, 5.74) is 4.38. The molecule has 1 atom stereocenters. The van der Waals surface area contributed by atoms with Crippen molar-refractivity contribution in [1.29, 1.82) is 0 Å². The van der Waals surface area contributed by atoms with E-state index in [4.69, 9.17) is 0 Å². The molecule has 2 heterocycles. The number of hydrogen-bond donors (Lipinski definition) is 1. The number of rotatable bonds is 2. The van der Waals surface area contributed by atoms with Crippen LogP contribution in [0.2, 0.25) is 0 Å². The average molecular weight is 310 g/mol. The van der Waals surface area contributed by atoms with Crippen molar-refractivity contribution in [3.05, 3.63) is 53.2 Å². The van der Waals surface area contributed by atoms with Crippen LogP contribution in [0.5, 0.6) is 0 Å². The molecule has 4 rings (SSSR count). The van der Waals surface area contributed by atoms with Crippen LogP contribution in [0.4, 0.5) is 10.2 Å². The lowest BCUT2D eigenvalue weighted by atomic mass is 10.1. The number of piperazine rings is 1. The number of nitrogens with zero attached hydrogens (tertiary/aromatic N) is 3. The molecule has 1 aromatic carbocycles. The van der Waals surface area contributed by atoms with Gasteiger partial charge in [-0.25, -0.2) is 14.4 Å². The topological polar surface area (TPSA) is 41.1 Å². The maximum Gasteiger partial charge on any atom is 0.139 e. The summed E-state index contributed by atoms with van der Waals surface area (Å²) in [7, 11) is 0. The Kier molecular flexibility index (Phi) is 3.58. The van der Waals surface area contributed by atoms with Gasteiger partial charge >= 0.3 is 0 Å². The lowest BCUT2D eigenvalue weighted by Gasteiger charge is -2.33. The summed E-state index contributed by atoms with van der Waals surface area (Å²) in [4.78, 5) is 11.3. The zero-order valence-corrected chi connectivity index (χ0v) is 13.1. The summed E-state index contributed by atoms with van der Waals surface area (Å²) >= 11 is 0. The van der Waals surface area contributed by atoms with Crippen LogP contribution in [0.3, 0.4) is 0 Å². The fraction of sp³-hybridized carbons (Fsp3) is 0.333. The summed E-state index contributed by atoms with van der Waals surface area (Å²) in [5.74, 6) is 0.806. The smallest absolute Gasteiger partial charge is 0.139 e. The third kappa shape index (κ3) is 2.72. The van der Waals surface area contributed by atoms with Crippen LogP contribution in [0.15, 0.2) is 30.6 Å². The Morgan fingerprint density at radius 2 is 2.04 bits per heavy atom. The Morgan fingerprint density at radius 3 is 2.83 bits per heavy atom. The summed E-state index contributed by atoms with van der Waals surface area (Å²) < 4.78 is 13.1. The number of anilines is 1. The van der Waals surface area contributed by atoms with Gasteiger partial charge in [0, 0.05) is 37.7 Å². The second-order valence-electron chi connectivity index (χ2n) is 6.21. The Labute approximate surface area is 135 Å². The minimum atomic E-state index is -0.208. The van der Waals surface area contributed by atoms with Crippen LogP contribution in [0.25, 0.3) is 11.6 Å². The Balaban J connectivity index is 1.68. The number of nitrogens with one attached hydrogen (secondary N) is 1. The van der Waals surface area contributed by atoms with Gasteiger partial charge in [-0.2, -0.15) is 0 Å². The molecule has 5 heteroatoms. The van der Waals surface area contributed by atoms with E-state index in [1.54, 1.807) is 6.33 Å². The molecular formula is C18H19FN4. The van der Waals surface area contributed by atoms with Crippen molar-refractivity contribution in [2.75, 3.05) is 24.5 Å². The first-order valence-electron chi connectivity index (χ1n) is 7.99. The van der Waals surface area contributed by atoms with Gasteiger partial charge in [-0.1, -0.05) is 12.1 Å². The van der Waals surface area contributed by atoms with Crippen molar-refractivity contribution in [3.8, 4) is 0 Å². The van der Waals surface area contributed by atoms with Crippen LogP contribution in [0, 0.1) is 5.82 Å². The van der Waals surface area contributed by atoms with Gasteiger partial charge in [-0.15, -0.1) is 0 Å². The third-order valence-electron chi connectivity index (χ3n) is 4.51. The van der Waals surface area contributed by atoms with Gasteiger partial charge in [-0.05, 0) is 36.3 Å². The lowest BCUT2D eigenvalue weighted by Crippen LogP contribution is -2.49. The van der Waals surface area contributed by atoms with E-state index in [0.717, 1.165) is 48.7 Å². The first-order chi connectivity index (χ1) is 11.2. The summed E-state index contributed by atoms with van der Waals surface area (Å²) in [6.45, 7) is 5.05. The van der Waals surface area contributed by atoms with Gasteiger partial charge in [0.25, 0.3) is 0 Å². The fourth-order valence-corrected chi connectivity index (χ4v) is 3.34. The van der Waals surface area contributed by atoms with E-state index in [-0.39, 0.29) is 5.82 Å². The number of allylic oxidation sites excluding steroid dienone is 1. The Hall–Kier alpha value is -2.27. The van der Waals surface area contributed by atoms with Gasteiger partial charge in [0.2, 0.25) is 0 Å². The van der Waals surface area contributed by atoms with Crippen molar-refractivity contribution >= 4 is 17.5 Å². The molecule has 0 spiro atoms. The summed E-state index contributed by atoms with van der Waals surface area (Å²) in [6.07, 6.45) is 4.59. The molecule has 4 nitrogen and oxygen atoms in total. The molecule has 118 valence electrons. The molecular weight excluding hydrogens is 291 g/mol. The predicted molar refractivity (Wildman–Crippen MR) is 89.7 cm³/mol. The van der Waals surface area contributed by atoms with E-state index in [0.29, 0.717) is 6.04 Å². The Bertz CT molecular complexity index is 754. The van der Waals surface area contributed by atoms with Crippen molar-refractivity contribution < 1.29 is 4.39 Å². The zero-order valence-electron chi connectivity index (χ0n) is 13.1. The first-order valence-corrected chi connectivity index (χ1v) is 7.99. The maximum absolute atomic E-state index is 13.1. The van der Waals surface area contributed by atoms with Crippen LogP contribution in [-0.4, -0.2) is 35.6 Å². The highest BCUT2D eigenvalue weighted by Crippen LogP contribution is 2.35. The molecule has 1 saturated heterocycles. The van der Waals surface area contributed by atoms with Crippen LogP contribution in [0.1, 0.15) is 23.7 Å². The first kappa shape index (κ1) is 14.3. The highest BCUT2D eigenvalue weighted by Gasteiger charge is 2.24.